The number of nitrogens with zero attached hydrogens (tertiary/aromatic N) is 1. The predicted molar refractivity (Wildman–Crippen MR) is 53.7 cm³/mol. The molecule has 0 aliphatic carbocycles. The van der Waals surface area contributed by atoms with Crippen LogP contribution in [0.25, 0.3) is 10.9 Å². The highest BCUT2D eigenvalue weighted by molar-refractivity contribution is 5.97. The van der Waals surface area contributed by atoms with Crippen LogP contribution in [0.1, 0.15) is 10.4 Å². The zero-order chi connectivity index (χ0) is 9.97. The largest absolute Gasteiger partial charge is 0.496 e. The molecule has 3 nitrogen and oxygen atoms in total. The lowest BCUT2D eigenvalue weighted by atomic mass is 10.1. The summed E-state index contributed by atoms with van der Waals surface area (Å²) in [5.41, 5.74) is 1.27. The normalized spacial score (nSPS) is 10.1. The summed E-state index contributed by atoms with van der Waals surface area (Å²) in [5.74, 6) is 0.735. The molecule has 0 saturated carbocycles. The molecular weight excluding hydrogens is 178 g/mol. The van der Waals surface area contributed by atoms with Gasteiger partial charge in [-0.2, -0.15) is 0 Å². The van der Waals surface area contributed by atoms with E-state index in [9.17, 15) is 4.79 Å². The fourth-order valence-electron chi connectivity index (χ4n) is 1.45. The van der Waals surface area contributed by atoms with Crippen molar-refractivity contribution in [2.75, 3.05) is 7.11 Å². The van der Waals surface area contributed by atoms with Gasteiger partial charge in [-0.3, -0.25) is 9.78 Å². The summed E-state index contributed by atoms with van der Waals surface area (Å²) in [6.45, 7) is 0. The van der Waals surface area contributed by atoms with Crippen LogP contribution in [0, 0.1) is 0 Å². The average molecular weight is 187 g/mol. The molecule has 0 saturated heterocycles. The fourth-order valence-corrected chi connectivity index (χ4v) is 1.45. The number of rotatable bonds is 2. The lowest BCUT2D eigenvalue weighted by Crippen LogP contribution is -1.90. The van der Waals surface area contributed by atoms with E-state index in [0.29, 0.717) is 11.1 Å². The van der Waals surface area contributed by atoms with Gasteiger partial charge in [-0.15, -0.1) is 0 Å². The standard InChI is InChI=1S/C11H9NO2/c1-14-10-5-6-12-11-8(7-13)3-2-4-9(10)11/h2-7H,1H3. The van der Waals surface area contributed by atoms with Gasteiger partial charge < -0.3 is 4.74 Å². The first kappa shape index (κ1) is 8.69. The molecule has 0 aliphatic heterocycles. The van der Waals surface area contributed by atoms with E-state index in [0.717, 1.165) is 17.4 Å². The summed E-state index contributed by atoms with van der Waals surface area (Å²) >= 11 is 0. The second-order valence-corrected chi connectivity index (χ2v) is 2.87. The number of ether oxygens (including phenoxy) is 1. The van der Waals surface area contributed by atoms with Crippen molar-refractivity contribution >= 4 is 17.2 Å². The molecule has 0 unspecified atom stereocenters. The first-order chi connectivity index (χ1) is 6.86. The molecule has 1 aromatic heterocycles. The lowest BCUT2D eigenvalue weighted by Gasteiger charge is -2.04. The number of carbonyl (C=O) groups is 1. The molecule has 0 radical (unpaired) electrons. The number of fused-ring (bicyclic) bond motifs is 1. The van der Waals surface area contributed by atoms with Crippen LogP contribution >= 0.6 is 0 Å². The smallest absolute Gasteiger partial charge is 0.152 e. The molecule has 0 spiro atoms. The Balaban J connectivity index is 2.84. The van der Waals surface area contributed by atoms with Crippen molar-refractivity contribution in [3.05, 3.63) is 36.0 Å². The minimum absolute atomic E-state index is 0.585. The van der Waals surface area contributed by atoms with Gasteiger partial charge >= 0.3 is 0 Å². The van der Waals surface area contributed by atoms with Gasteiger partial charge in [0.15, 0.2) is 6.29 Å². The van der Waals surface area contributed by atoms with Gasteiger partial charge in [0.05, 0.1) is 12.6 Å². The first-order valence-corrected chi connectivity index (χ1v) is 4.23. The van der Waals surface area contributed by atoms with Crippen molar-refractivity contribution < 1.29 is 9.53 Å². The molecule has 0 amide bonds. The number of carbonyl (C=O) groups excluding carboxylic acids is 1. The Morgan fingerprint density at radius 1 is 1.36 bits per heavy atom. The van der Waals surface area contributed by atoms with E-state index in [1.807, 2.05) is 12.1 Å². The van der Waals surface area contributed by atoms with Crippen LogP contribution in [0.5, 0.6) is 5.75 Å². The second kappa shape index (κ2) is 3.46. The quantitative estimate of drug-likeness (QED) is 0.675. The van der Waals surface area contributed by atoms with Crippen molar-refractivity contribution in [2.45, 2.75) is 0 Å². The van der Waals surface area contributed by atoms with Crippen LogP contribution < -0.4 is 4.74 Å². The van der Waals surface area contributed by atoms with Crippen molar-refractivity contribution in [3.63, 3.8) is 0 Å². The molecule has 0 N–H and O–H groups in total. The zero-order valence-electron chi connectivity index (χ0n) is 7.73. The third kappa shape index (κ3) is 1.23. The van der Waals surface area contributed by atoms with E-state index in [2.05, 4.69) is 4.98 Å². The molecule has 2 aromatic rings. The molecule has 2 rings (SSSR count). The number of benzene rings is 1. The molecule has 0 atom stereocenters. The van der Waals surface area contributed by atoms with E-state index in [1.165, 1.54) is 0 Å². The van der Waals surface area contributed by atoms with Gasteiger partial charge in [-0.1, -0.05) is 6.07 Å². The summed E-state index contributed by atoms with van der Waals surface area (Å²) in [6, 6.07) is 7.21. The molecule has 14 heavy (non-hydrogen) atoms. The predicted octanol–water partition coefficient (Wildman–Crippen LogP) is 2.06. The summed E-state index contributed by atoms with van der Waals surface area (Å²) in [6.07, 6.45) is 2.43. The Bertz CT molecular complexity index is 480. The Morgan fingerprint density at radius 2 is 2.21 bits per heavy atom. The average Bonchev–Trinajstić information content (AvgIpc) is 2.27. The van der Waals surface area contributed by atoms with Crippen molar-refractivity contribution in [1.29, 1.82) is 0 Å². The Hall–Kier alpha value is -1.90. The van der Waals surface area contributed by atoms with Gasteiger partial charge in [0.25, 0.3) is 0 Å². The van der Waals surface area contributed by atoms with Gasteiger partial charge in [-0.25, -0.2) is 0 Å². The third-order valence-corrected chi connectivity index (χ3v) is 2.11. The molecular formula is C11H9NO2. The van der Waals surface area contributed by atoms with Crippen molar-refractivity contribution in [1.82, 2.24) is 4.98 Å². The molecule has 0 aliphatic rings. The maximum Gasteiger partial charge on any atom is 0.152 e. The van der Waals surface area contributed by atoms with Gasteiger partial charge in [0, 0.05) is 17.1 Å². The van der Waals surface area contributed by atoms with Crippen molar-refractivity contribution in [3.8, 4) is 5.75 Å². The van der Waals surface area contributed by atoms with Crippen molar-refractivity contribution in [2.24, 2.45) is 0 Å². The van der Waals surface area contributed by atoms with Crippen LogP contribution in [0.2, 0.25) is 0 Å². The highest BCUT2D eigenvalue weighted by Crippen LogP contribution is 2.24. The first-order valence-electron chi connectivity index (χ1n) is 4.23. The summed E-state index contributed by atoms with van der Waals surface area (Å²) in [7, 11) is 1.60. The maximum absolute atomic E-state index is 10.7. The Labute approximate surface area is 81.3 Å². The number of para-hydroxylation sites is 1. The van der Waals surface area contributed by atoms with Gasteiger partial charge in [-0.05, 0) is 18.2 Å². The topological polar surface area (TPSA) is 39.2 Å². The summed E-state index contributed by atoms with van der Waals surface area (Å²) in [5, 5.41) is 0.861. The molecule has 1 aromatic carbocycles. The number of hydrogen-bond donors (Lipinski definition) is 0. The monoisotopic (exact) mass is 187 g/mol. The Morgan fingerprint density at radius 3 is 2.93 bits per heavy atom. The minimum atomic E-state index is 0.585. The van der Waals surface area contributed by atoms with Gasteiger partial charge in [0.1, 0.15) is 5.75 Å². The SMILES string of the molecule is COc1ccnc2c(C=O)cccc12. The molecule has 1 heterocycles. The molecule has 0 fully saturated rings. The second-order valence-electron chi connectivity index (χ2n) is 2.87. The van der Waals surface area contributed by atoms with E-state index in [4.69, 9.17) is 4.74 Å². The van der Waals surface area contributed by atoms with E-state index < -0.39 is 0 Å². The fraction of sp³-hybridized carbons (Fsp3) is 0.0909. The number of pyridine rings is 1. The van der Waals surface area contributed by atoms with Gasteiger partial charge in [0.2, 0.25) is 0 Å². The van der Waals surface area contributed by atoms with Crippen LogP contribution in [0.15, 0.2) is 30.5 Å². The molecule has 70 valence electrons. The zero-order valence-corrected chi connectivity index (χ0v) is 7.73. The maximum atomic E-state index is 10.7. The van der Waals surface area contributed by atoms with Crippen LogP contribution in [-0.2, 0) is 0 Å². The minimum Gasteiger partial charge on any atom is -0.496 e. The number of aldehydes is 1. The van der Waals surface area contributed by atoms with E-state index >= 15 is 0 Å². The molecule has 0 bridgehead atoms. The number of methoxy groups -OCH3 is 1. The summed E-state index contributed by atoms with van der Waals surface area (Å²) in [4.78, 5) is 14.9. The molecule has 3 heteroatoms. The highest BCUT2D eigenvalue weighted by atomic mass is 16.5. The van der Waals surface area contributed by atoms with Crippen LogP contribution in [0.3, 0.4) is 0 Å². The number of hydrogen-bond acceptors (Lipinski definition) is 3. The number of aromatic nitrogens is 1. The van der Waals surface area contributed by atoms with Crippen LogP contribution in [-0.4, -0.2) is 18.4 Å². The summed E-state index contributed by atoms with van der Waals surface area (Å²) < 4.78 is 5.17. The van der Waals surface area contributed by atoms with Crippen LogP contribution in [0.4, 0.5) is 0 Å². The Kier molecular flexibility index (Phi) is 2.14. The third-order valence-electron chi connectivity index (χ3n) is 2.11. The lowest BCUT2D eigenvalue weighted by molar-refractivity contribution is 0.112. The van der Waals surface area contributed by atoms with E-state index in [-0.39, 0.29) is 0 Å². The highest BCUT2D eigenvalue weighted by Gasteiger charge is 2.04. The van der Waals surface area contributed by atoms with E-state index in [1.54, 1.807) is 25.4 Å².